The third-order valence-electron chi connectivity index (χ3n) is 3.34. The molecule has 0 fully saturated rings. The predicted octanol–water partition coefficient (Wildman–Crippen LogP) is 2.91. The maximum absolute atomic E-state index is 9.42. The molecule has 2 aromatic rings. The SMILES string of the molecule is CC(C)C(CO)c1ccc2c(ccn2C)c1. The zero-order chi connectivity index (χ0) is 11.7. The van der Waals surface area contributed by atoms with Gasteiger partial charge in [0.25, 0.3) is 0 Å². The molecule has 1 N–H and O–H groups in total. The molecule has 0 bridgehead atoms. The molecule has 0 radical (unpaired) electrons. The van der Waals surface area contributed by atoms with E-state index in [1.54, 1.807) is 0 Å². The highest BCUT2D eigenvalue weighted by atomic mass is 16.3. The van der Waals surface area contributed by atoms with Gasteiger partial charge in [0, 0.05) is 24.7 Å². The van der Waals surface area contributed by atoms with Gasteiger partial charge >= 0.3 is 0 Å². The summed E-state index contributed by atoms with van der Waals surface area (Å²) in [5.74, 6) is 0.704. The van der Waals surface area contributed by atoms with Gasteiger partial charge in [-0.2, -0.15) is 0 Å². The number of fused-ring (bicyclic) bond motifs is 1. The minimum Gasteiger partial charge on any atom is -0.396 e. The highest BCUT2D eigenvalue weighted by Crippen LogP contribution is 2.27. The van der Waals surface area contributed by atoms with Gasteiger partial charge in [-0.05, 0) is 35.1 Å². The van der Waals surface area contributed by atoms with E-state index in [-0.39, 0.29) is 12.5 Å². The summed E-state index contributed by atoms with van der Waals surface area (Å²) >= 11 is 0. The van der Waals surface area contributed by atoms with Crippen molar-refractivity contribution in [2.24, 2.45) is 13.0 Å². The third-order valence-corrected chi connectivity index (χ3v) is 3.34. The topological polar surface area (TPSA) is 25.2 Å². The molecule has 2 nitrogen and oxygen atoms in total. The maximum Gasteiger partial charge on any atom is 0.0502 e. The normalized spacial score (nSPS) is 13.6. The molecule has 86 valence electrons. The lowest BCUT2D eigenvalue weighted by molar-refractivity contribution is 0.237. The van der Waals surface area contributed by atoms with E-state index in [9.17, 15) is 5.11 Å². The van der Waals surface area contributed by atoms with Crippen LogP contribution in [0.2, 0.25) is 0 Å². The standard InChI is InChI=1S/C14H19NO/c1-10(2)13(9-16)11-4-5-14-12(8-11)6-7-15(14)3/h4-8,10,13,16H,9H2,1-3H3. The molecule has 0 spiro atoms. The Morgan fingerprint density at radius 2 is 2.00 bits per heavy atom. The lowest BCUT2D eigenvalue weighted by Gasteiger charge is -2.18. The van der Waals surface area contributed by atoms with Crippen LogP contribution in [-0.2, 0) is 7.05 Å². The summed E-state index contributed by atoms with van der Waals surface area (Å²) in [6, 6.07) is 8.57. The van der Waals surface area contributed by atoms with Crippen LogP contribution in [0.5, 0.6) is 0 Å². The Bertz CT molecular complexity index is 484. The monoisotopic (exact) mass is 217 g/mol. The summed E-state index contributed by atoms with van der Waals surface area (Å²) in [5.41, 5.74) is 2.47. The molecule has 16 heavy (non-hydrogen) atoms. The second-order valence-corrected chi connectivity index (χ2v) is 4.78. The van der Waals surface area contributed by atoms with Crippen molar-refractivity contribution < 1.29 is 5.11 Å². The summed E-state index contributed by atoms with van der Waals surface area (Å²) in [6.07, 6.45) is 2.07. The first kappa shape index (κ1) is 11.2. The van der Waals surface area contributed by atoms with Crippen LogP contribution in [0.15, 0.2) is 30.5 Å². The fourth-order valence-corrected chi connectivity index (χ4v) is 2.23. The molecule has 2 rings (SSSR count). The van der Waals surface area contributed by atoms with Crippen LogP contribution < -0.4 is 0 Å². The first-order valence-electron chi connectivity index (χ1n) is 5.79. The molecule has 1 atom stereocenters. The number of rotatable bonds is 3. The Morgan fingerprint density at radius 1 is 1.25 bits per heavy atom. The lowest BCUT2D eigenvalue weighted by atomic mass is 9.89. The van der Waals surface area contributed by atoms with E-state index >= 15 is 0 Å². The van der Waals surface area contributed by atoms with Crippen LogP contribution >= 0.6 is 0 Å². The van der Waals surface area contributed by atoms with Gasteiger partial charge in [-0.15, -0.1) is 0 Å². The van der Waals surface area contributed by atoms with Crippen LogP contribution in [0.3, 0.4) is 0 Å². The van der Waals surface area contributed by atoms with E-state index in [2.05, 4.69) is 48.9 Å². The van der Waals surface area contributed by atoms with Gasteiger partial charge in [0.1, 0.15) is 0 Å². The first-order valence-corrected chi connectivity index (χ1v) is 5.79. The van der Waals surface area contributed by atoms with Crippen molar-refractivity contribution in [3.05, 3.63) is 36.0 Å². The van der Waals surface area contributed by atoms with Crippen LogP contribution in [-0.4, -0.2) is 16.3 Å². The summed E-state index contributed by atoms with van der Waals surface area (Å²) in [5, 5.41) is 10.7. The second kappa shape index (κ2) is 4.30. The Morgan fingerprint density at radius 3 is 2.62 bits per heavy atom. The average Bonchev–Trinajstić information content (AvgIpc) is 2.61. The van der Waals surface area contributed by atoms with Crippen molar-refractivity contribution in [2.45, 2.75) is 19.8 Å². The summed E-state index contributed by atoms with van der Waals surface area (Å²) in [7, 11) is 2.05. The minimum atomic E-state index is 0.218. The van der Waals surface area contributed by atoms with Gasteiger partial charge in [0.15, 0.2) is 0 Å². The van der Waals surface area contributed by atoms with E-state index in [4.69, 9.17) is 0 Å². The lowest BCUT2D eigenvalue weighted by Crippen LogP contribution is -2.10. The molecule has 1 heterocycles. The highest BCUT2D eigenvalue weighted by Gasteiger charge is 2.15. The van der Waals surface area contributed by atoms with E-state index in [0.717, 1.165) is 0 Å². The van der Waals surface area contributed by atoms with Gasteiger partial charge in [-0.25, -0.2) is 0 Å². The number of nitrogens with zero attached hydrogens (tertiary/aromatic N) is 1. The Balaban J connectivity index is 2.46. The van der Waals surface area contributed by atoms with Crippen LogP contribution in [0.25, 0.3) is 10.9 Å². The summed E-state index contributed by atoms with van der Waals surface area (Å²) < 4.78 is 2.11. The van der Waals surface area contributed by atoms with Gasteiger partial charge in [-0.3, -0.25) is 0 Å². The summed E-state index contributed by atoms with van der Waals surface area (Å²) in [6.45, 7) is 4.52. The van der Waals surface area contributed by atoms with Crippen molar-refractivity contribution >= 4 is 10.9 Å². The molecule has 1 aromatic carbocycles. The Labute approximate surface area is 96.5 Å². The molecule has 0 saturated carbocycles. The van der Waals surface area contributed by atoms with Crippen molar-refractivity contribution in [2.75, 3.05) is 6.61 Å². The highest BCUT2D eigenvalue weighted by molar-refractivity contribution is 5.80. The fraction of sp³-hybridized carbons (Fsp3) is 0.429. The van der Waals surface area contributed by atoms with Crippen LogP contribution in [0.1, 0.15) is 25.3 Å². The zero-order valence-corrected chi connectivity index (χ0v) is 10.1. The van der Waals surface area contributed by atoms with Crippen molar-refractivity contribution in [1.82, 2.24) is 4.57 Å². The molecule has 0 amide bonds. The van der Waals surface area contributed by atoms with E-state index < -0.39 is 0 Å². The predicted molar refractivity (Wildman–Crippen MR) is 67.6 cm³/mol. The molecule has 0 aliphatic heterocycles. The molecule has 0 saturated heterocycles. The average molecular weight is 217 g/mol. The fourth-order valence-electron chi connectivity index (χ4n) is 2.23. The molecule has 1 unspecified atom stereocenters. The molecule has 0 aliphatic carbocycles. The third kappa shape index (κ3) is 1.85. The second-order valence-electron chi connectivity index (χ2n) is 4.78. The van der Waals surface area contributed by atoms with Gasteiger partial charge in [0.05, 0.1) is 6.61 Å². The van der Waals surface area contributed by atoms with Gasteiger partial charge < -0.3 is 9.67 Å². The van der Waals surface area contributed by atoms with E-state index in [0.29, 0.717) is 5.92 Å². The molecule has 1 aromatic heterocycles. The van der Waals surface area contributed by atoms with E-state index in [1.165, 1.54) is 16.5 Å². The molecular formula is C14H19NO. The molecule has 0 aliphatic rings. The number of aliphatic hydroxyl groups excluding tert-OH is 1. The van der Waals surface area contributed by atoms with Gasteiger partial charge in [0.2, 0.25) is 0 Å². The Kier molecular flexibility index (Phi) is 3.01. The van der Waals surface area contributed by atoms with Crippen LogP contribution in [0, 0.1) is 5.92 Å². The molecular weight excluding hydrogens is 198 g/mol. The number of hydrogen-bond donors (Lipinski definition) is 1. The van der Waals surface area contributed by atoms with Crippen molar-refractivity contribution in [3.8, 4) is 0 Å². The van der Waals surface area contributed by atoms with Gasteiger partial charge in [-0.1, -0.05) is 19.9 Å². The smallest absolute Gasteiger partial charge is 0.0502 e. The van der Waals surface area contributed by atoms with Crippen molar-refractivity contribution in [3.63, 3.8) is 0 Å². The number of aryl methyl sites for hydroxylation is 1. The zero-order valence-electron chi connectivity index (χ0n) is 10.1. The summed E-state index contributed by atoms with van der Waals surface area (Å²) in [4.78, 5) is 0. The number of aromatic nitrogens is 1. The Hall–Kier alpha value is -1.28. The number of benzene rings is 1. The minimum absolute atomic E-state index is 0.218. The maximum atomic E-state index is 9.42. The van der Waals surface area contributed by atoms with E-state index in [1.807, 2.05) is 7.05 Å². The molecule has 2 heteroatoms. The van der Waals surface area contributed by atoms with Crippen LogP contribution in [0.4, 0.5) is 0 Å². The van der Waals surface area contributed by atoms with Crippen molar-refractivity contribution in [1.29, 1.82) is 0 Å². The largest absolute Gasteiger partial charge is 0.396 e. The quantitative estimate of drug-likeness (QED) is 0.840. The first-order chi connectivity index (χ1) is 7.63. The number of hydrogen-bond acceptors (Lipinski definition) is 1. The number of aliphatic hydroxyl groups is 1.